The molecule has 1 aliphatic carbocycles. The standard InChI is InChI=1S/C22H19NO6/c1-12(2)5-8-18(29-22(28)13-4-3-9-23-11-13)14-10-17(26)19-15(24)6-7-16(25)20(19)21(14)27/h3-7,9-11,18,24-25H,8H2,1-2H3/t18-/m1/s1. The van der Waals surface area contributed by atoms with Crippen molar-refractivity contribution in [3.05, 3.63) is 76.6 Å². The van der Waals surface area contributed by atoms with Crippen molar-refractivity contribution in [1.29, 1.82) is 0 Å². The van der Waals surface area contributed by atoms with Crippen LogP contribution in [-0.4, -0.2) is 38.8 Å². The molecule has 0 amide bonds. The van der Waals surface area contributed by atoms with Crippen LogP contribution >= 0.6 is 0 Å². The average Bonchev–Trinajstić information content (AvgIpc) is 2.70. The lowest BCUT2D eigenvalue weighted by atomic mass is 9.85. The largest absolute Gasteiger partial charge is 0.507 e. The number of phenolic OH excluding ortho intramolecular Hbond substituents is 2. The number of aromatic nitrogens is 1. The summed E-state index contributed by atoms with van der Waals surface area (Å²) in [6, 6.07) is 5.37. The number of nitrogens with zero attached hydrogens (tertiary/aromatic N) is 1. The molecule has 0 aliphatic heterocycles. The summed E-state index contributed by atoms with van der Waals surface area (Å²) in [5.41, 5.74) is 0.498. The molecule has 0 unspecified atom stereocenters. The summed E-state index contributed by atoms with van der Waals surface area (Å²) in [5, 5.41) is 20.1. The highest BCUT2D eigenvalue weighted by molar-refractivity contribution is 6.27. The molecular formula is C22H19NO6. The summed E-state index contributed by atoms with van der Waals surface area (Å²) in [6.45, 7) is 3.70. The number of benzene rings is 1. The van der Waals surface area contributed by atoms with Gasteiger partial charge < -0.3 is 14.9 Å². The van der Waals surface area contributed by atoms with Gasteiger partial charge in [-0.3, -0.25) is 14.6 Å². The molecule has 3 rings (SSSR count). The molecule has 1 aliphatic rings. The highest BCUT2D eigenvalue weighted by Crippen LogP contribution is 2.36. The van der Waals surface area contributed by atoms with Crippen LogP contribution in [0, 0.1) is 0 Å². The van der Waals surface area contributed by atoms with Gasteiger partial charge in [0.25, 0.3) is 0 Å². The lowest BCUT2D eigenvalue weighted by Gasteiger charge is -2.23. The third kappa shape index (κ3) is 4.08. The fourth-order valence-corrected chi connectivity index (χ4v) is 2.98. The molecule has 0 bridgehead atoms. The minimum atomic E-state index is -1.05. The van der Waals surface area contributed by atoms with Crippen LogP contribution in [0.2, 0.25) is 0 Å². The van der Waals surface area contributed by atoms with Crippen molar-refractivity contribution in [1.82, 2.24) is 4.98 Å². The second kappa shape index (κ2) is 8.10. The molecule has 1 atom stereocenters. The number of ether oxygens (including phenoxy) is 1. The van der Waals surface area contributed by atoms with Crippen molar-refractivity contribution in [3.63, 3.8) is 0 Å². The van der Waals surface area contributed by atoms with Gasteiger partial charge in [-0.25, -0.2) is 4.79 Å². The van der Waals surface area contributed by atoms with Gasteiger partial charge in [0.2, 0.25) is 0 Å². The van der Waals surface area contributed by atoms with Crippen molar-refractivity contribution in [3.8, 4) is 11.5 Å². The third-order valence-electron chi connectivity index (χ3n) is 4.42. The molecule has 29 heavy (non-hydrogen) atoms. The fraction of sp³-hybridized carbons (Fsp3) is 0.182. The number of carbonyl (C=O) groups excluding carboxylic acids is 3. The van der Waals surface area contributed by atoms with Crippen LogP contribution in [0.15, 0.2) is 60.0 Å². The van der Waals surface area contributed by atoms with Gasteiger partial charge in [-0.05, 0) is 44.2 Å². The lowest BCUT2D eigenvalue weighted by Crippen LogP contribution is -2.29. The van der Waals surface area contributed by atoms with Crippen molar-refractivity contribution in [2.24, 2.45) is 0 Å². The van der Waals surface area contributed by atoms with Crippen molar-refractivity contribution < 1.29 is 29.3 Å². The number of Topliss-reactive ketones (excluding diaryl/α,β-unsaturated/α-hetero) is 1. The van der Waals surface area contributed by atoms with Gasteiger partial charge in [0, 0.05) is 24.4 Å². The first-order valence-electron chi connectivity index (χ1n) is 8.89. The van der Waals surface area contributed by atoms with Crippen LogP contribution in [0.5, 0.6) is 11.5 Å². The number of esters is 1. The van der Waals surface area contributed by atoms with Gasteiger partial charge in [-0.2, -0.15) is 0 Å². The van der Waals surface area contributed by atoms with Gasteiger partial charge in [0.1, 0.15) is 17.6 Å². The van der Waals surface area contributed by atoms with E-state index < -0.39 is 35.1 Å². The minimum Gasteiger partial charge on any atom is -0.507 e. The quantitative estimate of drug-likeness (QED) is 0.455. The predicted molar refractivity (Wildman–Crippen MR) is 104 cm³/mol. The molecule has 0 saturated carbocycles. The van der Waals surface area contributed by atoms with Gasteiger partial charge in [-0.1, -0.05) is 11.6 Å². The SMILES string of the molecule is CC(C)=CC[C@@H](OC(=O)c1cccnc1)C1=CC(=O)c2c(O)ccc(O)c2C1=O. The van der Waals surface area contributed by atoms with Gasteiger partial charge in [0.15, 0.2) is 11.6 Å². The Morgan fingerprint density at radius 1 is 1.14 bits per heavy atom. The molecule has 0 saturated heterocycles. The number of allylic oxidation sites excluding steroid dienone is 2. The van der Waals surface area contributed by atoms with E-state index in [1.807, 2.05) is 13.8 Å². The lowest BCUT2D eigenvalue weighted by molar-refractivity contribution is 0.0372. The molecule has 0 fully saturated rings. The first-order valence-corrected chi connectivity index (χ1v) is 8.89. The number of hydrogen-bond donors (Lipinski definition) is 2. The Morgan fingerprint density at radius 3 is 2.45 bits per heavy atom. The van der Waals surface area contributed by atoms with E-state index in [-0.39, 0.29) is 28.7 Å². The molecule has 1 heterocycles. The normalized spacial score (nSPS) is 13.9. The summed E-state index contributed by atoms with van der Waals surface area (Å²) in [5.74, 6) is -2.86. The van der Waals surface area contributed by atoms with E-state index in [1.54, 1.807) is 12.1 Å². The Kier molecular flexibility index (Phi) is 5.59. The number of phenols is 2. The molecular weight excluding hydrogens is 374 g/mol. The van der Waals surface area contributed by atoms with Crippen LogP contribution in [0.4, 0.5) is 0 Å². The first-order chi connectivity index (χ1) is 13.8. The van der Waals surface area contributed by atoms with Crippen molar-refractivity contribution in [2.45, 2.75) is 26.4 Å². The summed E-state index contributed by atoms with van der Waals surface area (Å²) < 4.78 is 5.52. The maximum Gasteiger partial charge on any atom is 0.340 e. The van der Waals surface area contributed by atoms with Crippen molar-refractivity contribution in [2.75, 3.05) is 0 Å². The average molecular weight is 393 g/mol. The van der Waals surface area contributed by atoms with E-state index in [0.29, 0.717) is 0 Å². The zero-order chi connectivity index (χ0) is 21.1. The maximum absolute atomic E-state index is 13.0. The van der Waals surface area contributed by atoms with E-state index in [2.05, 4.69) is 4.98 Å². The van der Waals surface area contributed by atoms with Crippen LogP contribution in [0.3, 0.4) is 0 Å². The Bertz CT molecular complexity index is 1050. The number of fused-ring (bicyclic) bond motifs is 1. The van der Waals surface area contributed by atoms with E-state index in [0.717, 1.165) is 23.8 Å². The number of hydrogen-bond acceptors (Lipinski definition) is 7. The molecule has 0 spiro atoms. The van der Waals surface area contributed by atoms with E-state index in [9.17, 15) is 24.6 Å². The molecule has 7 heteroatoms. The molecule has 1 aromatic carbocycles. The smallest absolute Gasteiger partial charge is 0.340 e. The first kappa shape index (κ1) is 20.0. The molecule has 0 radical (unpaired) electrons. The zero-order valence-electron chi connectivity index (χ0n) is 15.9. The Balaban J connectivity index is 2.01. The molecule has 2 N–H and O–H groups in total. The van der Waals surface area contributed by atoms with Crippen LogP contribution in [0.25, 0.3) is 0 Å². The van der Waals surface area contributed by atoms with Crippen LogP contribution < -0.4 is 0 Å². The molecule has 7 nitrogen and oxygen atoms in total. The Morgan fingerprint density at radius 2 is 1.83 bits per heavy atom. The Labute approximate surface area is 167 Å². The van der Waals surface area contributed by atoms with Crippen molar-refractivity contribution >= 4 is 17.5 Å². The highest BCUT2D eigenvalue weighted by atomic mass is 16.5. The van der Waals surface area contributed by atoms with E-state index >= 15 is 0 Å². The number of rotatable bonds is 5. The minimum absolute atomic E-state index is 0.0712. The third-order valence-corrected chi connectivity index (χ3v) is 4.42. The second-order valence-corrected chi connectivity index (χ2v) is 6.80. The predicted octanol–water partition coefficient (Wildman–Crippen LogP) is 3.38. The highest BCUT2D eigenvalue weighted by Gasteiger charge is 2.35. The molecule has 1 aromatic heterocycles. The fourth-order valence-electron chi connectivity index (χ4n) is 2.98. The molecule has 2 aromatic rings. The second-order valence-electron chi connectivity index (χ2n) is 6.80. The van der Waals surface area contributed by atoms with E-state index in [1.165, 1.54) is 18.5 Å². The van der Waals surface area contributed by atoms with Gasteiger partial charge >= 0.3 is 5.97 Å². The summed E-state index contributed by atoms with van der Waals surface area (Å²) in [6.07, 6.45) is 4.77. The number of carbonyl (C=O) groups is 3. The number of pyridine rings is 1. The van der Waals surface area contributed by atoms with Crippen LogP contribution in [0.1, 0.15) is 51.3 Å². The summed E-state index contributed by atoms with van der Waals surface area (Å²) in [7, 11) is 0. The Hall–Kier alpha value is -3.74. The van der Waals surface area contributed by atoms with E-state index in [4.69, 9.17) is 4.74 Å². The van der Waals surface area contributed by atoms with Gasteiger partial charge in [-0.15, -0.1) is 0 Å². The number of aromatic hydroxyl groups is 2. The van der Waals surface area contributed by atoms with Crippen LogP contribution in [-0.2, 0) is 4.74 Å². The number of ketones is 2. The summed E-state index contributed by atoms with van der Waals surface area (Å²) in [4.78, 5) is 41.9. The molecule has 148 valence electrons. The topological polar surface area (TPSA) is 114 Å². The summed E-state index contributed by atoms with van der Waals surface area (Å²) >= 11 is 0. The maximum atomic E-state index is 13.0. The van der Waals surface area contributed by atoms with Gasteiger partial charge in [0.05, 0.1) is 16.7 Å². The monoisotopic (exact) mass is 393 g/mol. The zero-order valence-corrected chi connectivity index (χ0v) is 15.9.